The predicted octanol–water partition coefficient (Wildman–Crippen LogP) is 7.33. The van der Waals surface area contributed by atoms with Gasteiger partial charge >= 0.3 is 0 Å². The Hall–Kier alpha value is -3.39. The van der Waals surface area contributed by atoms with E-state index in [0.717, 1.165) is 27.1 Å². The van der Waals surface area contributed by atoms with Gasteiger partial charge in [0.25, 0.3) is 5.91 Å². The Balaban J connectivity index is 1.33. The van der Waals surface area contributed by atoms with Gasteiger partial charge in [0.2, 0.25) is 0 Å². The number of amides is 1. The van der Waals surface area contributed by atoms with Crippen molar-refractivity contribution in [3.63, 3.8) is 0 Å². The molecule has 0 saturated carbocycles. The number of nitrogens with zero attached hydrogens (tertiary/aromatic N) is 3. The van der Waals surface area contributed by atoms with Crippen molar-refractivity contribution in [3.8, 4) is 11.3 Å². The fourth-order valence-corrected chi connectivity index (χ4v) is 4.28. The number of hydrogen-bond acceptors (Lipinski definition) is 4. The van der Waals surface area contributed by atoms with Gasteiger partial charge in [0, 0.05) is 39.5 Å². The molecule has 5 aromatic rings. The van der Waals surface area contributed by atoms with Gasteiger partial charge < -0.3 is 10.6 Å². The fraction of sp³-hybridized carbons (Fsp3) is 0.0385. The summed E-state index contributed by atoms with van der Waals surface area (Å²) < 4.78 is 2.53. The predicted molar refractivity (Wildman–Crippen MR) is 144 cm³/mol. The van der Waals surface area contributed by atoms with Gasteiger partial charge in [-0.1, -0.05) is 53.5 Å². The number of carbonyl (C=O) groups excluding carboxylic acids is 1. The van der Waals surface area contributed by atoms with Crippen LogP contribution in [-0.4, -0.2) is 20.5 Å². The van der Waals surface area contributed by atoms with Gasteiger partial charge in [0.15, 0.2) is 5.65 Å². The molecule has 0 aliphatic rings. The van der Waals surface area contributed by atoms with Crippen LogP contribution in [0.25, 0.3) is 16.9 Å². The zero-order valence-corrected chi connectivity index (χ0v) is 21.3. The Bertz CT molecular complexity index is 1520. The Morgan fingerprint density at radius 3 is 2.46 bits per heavy atom. The van der Waals surface area contributed by atoms with E-state index in [1.54, 1.807) is 35.0 Å². The molecule has 0 radical (unpaired) electrons. The van der Waals surface area contributed by atoms with E-state index in [2.05, 4.69) is 31.7 Å². The van der Waals surface area contributed by atoms with E-state index < -0.39 is 0 Å². The SMILES string of the molecule is O=C(Nc1ccc(CNc2cc(-c3ccccc3Cl)nc3c(Br)cnn23)cc1)c1ccc(Cl)cc1. The van der Waals surface area contributed by atoms with Crippen molar-refractivity contribution in [2.45, 2.75) is 6.54 Å². The van der Waals surface area contributed by atoms with Crippen LogP contribution in [0, 0.1) is 0 Å². The molecule has 3 aromatic carbocycles. The summed E-state index contributed by atoms with van der Waals surface area (Å²) in [5, 5.41) is 12.0. The summed E-state index contributed by atoms with van der Waals surface area (Å²) in [5.41, 5.74) is 4.55. The van der Waals surface area contributed by atoms with Crippen molar-refractivity contribution < 1.29 is 4.79 Å². The highest BCUT2D eigenvalue weighted by molar-refractivity contribution is 9.10. The lowest BCUT2D eigenvalue weighted by molar-refractivity contribution is 0.102. The van der Waals surface area contributed by atoms with Crippen molar-refractivity contribution in [2.75, 3.05) is 10.6 Å². The van der Waals surface area contributed by atoms with Crippen LogP contribution in [-0.2, 0) is 6.54 Å². The summed E-state index contributed by atoms with van der Waals surface area (Å²) in [6.45, 7) is 0.546. The lowest BCUT2D eigenvalue weighted by atomic mass is 10.1. The van der Waals surface area contributed by atoms with Crippen LogP contribution in [0.4, 0.5) is 11.5 Å². The van der Waals surface area contributed by atoms with Gasteiger partial charge in [-0.25, -0.2) is 4.98 Å². The third-order valence-corrected chi connectivity index (χ3v) is 6.51. The van der Waals surface area contributed by atoms with E-state index in [0.29, 0.717) is 33.5 Å². The molecule has 0 spiro atoms. The lowest BCUT2D eigenvalue weighted by Gasteiger charge is -2.12. The summed E-state index contributed by atoms with van der Waals surface area (Å²) >= 11 is 15.8. The number of fused-ring (bicyclic) bond motifs is 1. The largest absolute Gasteiger partial charge is 0.366 e. The summed E-state index contributed by atoms with van der Waals surface area (Å²) in [5.74, 6) is 0.582. The highest BCUT2D eigenvalue weighted by Crippen LogP contribution is 2.30. The molecule has 2 aromatic heterocycles. The maximum atomic E-state index is 12.4. The molecule has 0 aliphatic carbocycles. The summed E-state index contributed by atoms with van der Waals surface area (Å²) in [7, 11) is 0. The van der Waals surface area contributed by atoms with Gasteiger partial charge in [0.1, 0.15) is 5.82 Å². The van der Waals surface area contributed by atoms with Gasteiger partial charge in [-0.3, -0.25) is 4.79 Å². The van der Waals surface area contributed by atoms with Crippen LogP contribution in [0.15, 0.2) is 89.5 Å². The molecule has 0 atom stereocenters. The van der Waals surface area contributed by atoms with Crippen LogP contribution in [0.5, 0.6) is 0 Å². The third kappa shape index (κ3) is 5.17. The molecule has 1 amide bonds. The zero-order chi connectivity index (χ0) is 24.4. The van der Waals surface area contributed by atoms with E-state index in [1.807, 2.05) is 54.6 Å². The van der Waals surface area contributed by atoms with Crippen molar-refractivity contribution in [1.29, 1.82) is 0 Å². The zero-order valence-electron chi connectivity index (χ0n) is 18.2. The van der Waals surface area contributed by atoms with Crippen LogP contribution in [0.3, 0.4) is 0 Å². The monoisotopic (exact) mass is 565 g/mol. The minimum absolute atomic E-state index is 0.192. The molecule has 0 aliphatic heterocycles. The molecule has 5 rings (SSSR count). The van der Waals surface area contributed by atoms with Crippen molar-refractivity contribution in [2.24, 2.45) is 0 Å². The molecular formula is C26H18BrCl2N5O. The normalized spacial score (nSPS) is 10.9. The van der Waals surface area contributed by atoms with Crippen molar-refractivity contribution in [1.82, 2.24) is 14.6 Å². The molecule has 0 bridgehead atoms. The lowest BCUT2D eigenvalue weighted by Crippen LogP contribution is -2.11. The first-order valence-electron chi connectivity index (χ1n) is 10.7. The quantitative estimate of drug-likeness (QED) is 0.226. The molecule has 35 heavy (non-hydrogen) atoms. The maximum Gasteiger partial charge on any atom is 0.255 e. The minimum atomic E-state index is -0.192. The standard InChI is InChI=1S/C26H18BrCl2N5O/c27-21-15-31-34-24(13-23(33-25(21)34)20-3-1-2-4-22(20)29)30-14-16-5-11-19(12-6-16)32-26(35)17-7-9-18(28)10-8-17/h1-13,15,30H,14H2,(H,32,35). The average molecular weight is 567 g/mol. The molecule has 0 unspecified atom stereocenters. The smallest absolute Gasteiger partial charge is 0.255 e. The Morgan fingerprint density at radius 1 is 0.971 bits per heavy atom. The maximum absolute atomic E-state index is 12.4. The average Bonchev–Trinajstić information content (AvgIpc) is 3.25. The number of hydrogen-bond donors (Lipinski definition) is 2. The molecule has 0 saturated heterocycles. The highest BCUT2D eigenvalue weighted by Gasteiger charge is 2.13. The third-order valence-electron chi connectivity index (χ3n) is 5.37. The number of aromatic nitrogens is 3. The number of anilines is 2. The molecular weight excluding hydrogens is 549 g/mol. The summed E-state index contributed by atoms with van der Waals surface area (Å²) in [4.78, 5) is 17.2. The van der Waals surface area contributed by atoms with E-state index in [4.69, 9.17) is 28.2 Å². The van der Waals surface area contributed by atoms with Gasteiger partial charge in [0.05, 0.1) is 16.4 Å². The van der Waals surface area contributed by atoms with E-state index in [1.165, 1.54) is 0 Å². The number of halogens is 3. The first-order chi connectivity index (χ1) is 17.0. The van der Waals surface area contributed by atoms with Gasteiger partial charge in [-0.2, -0.15) is 9.61 Å². The number of benzene rings is 3. The molecule has 2 heterocycles. The van der Waals surface area contributed by atoms with Gasteiger partial charge in [-0.05, 0) is 64.0 Å². The van der Waals surface area contributed by atoms with E-state index >= 15 is 0 Å². The molecule has 0 fully saturated rings. The molecule has 9 heteroatoms. The summed E-state index contributed by atoms with van der Waals surface area (Å²) in [6.07, 6.45) is 1.71. The number of nitrogens with one attached hydrogen (secondary N) is 2. The van der Waals surface area contributed by atoms with Crippen molar-refractivity contribution in [3.05, 3.63) is 111 Å². The Morgan fingerprint density at radius 2 is 1.71 bits per heavy atom. The molecule has 2 N–H and O–H groups in total. The topological polar surface area (TPSA) is 71.3 Å². The summed E-state index contributed by atoms with van der Waals surface area (Å²) in [6, 6.07) is 23.9. The Labute approximate surface area is 220 Å². The minimum Gasteiger partial charge on any atom is -0.366 e. The van der Waals surface area contributed by atoms with E-state index in [-0.39, 0.29) is 5.91 Å². The number of carbonyl (C=O) groups is 1. The first kappa shape index (κ1) is 23.4. The van der Waals surface area contributed by atoms with Crippen LogP contribution in [0.2, 0.25) is 10.0 Å². The van der Waals surface area contributed by atoms with Crippen LogP contribution in [0.1, 0.15) is 15.9 Å². The van der Waals surface area contributed by atoms with Crippen LogP contribution < -0.4 is 10.6 Å². The fourth-order valence-electron chi connectivity index (χ4n) is 3.57. The molecule has 174 valence electrons. The second-order valence-corrected chi connectivity index (χ2v) is 9.44. The first-order valence-corrected chi connectivity index (χ1v) is 12.2. The van der Waals surface area contributed by atoms with E-state index in [9.17, 15) is 4.79 Å². The van der Waals surface area contributed by atoms with Gasteiger partial charge in [-0.15, -0.1) is 0 Å². The second-order valence-electron chi connectivity index (χ2n) is 7.75. The Kier molecular flexibility index (Phi) is 6.72. The highest BCUT2D eigenvalue weighted by atomic mass is 79.9. The number of rotatable bonds is 6. The second kappa shape index (κ2) is 10.1. The van der Waals surface area contributed by atoms with Crippen molar-refractivity contribution >= 4 is 62.2 Å². The molecule has 6 nitrogen and oxygen atoms in total. The van der Waals surface area contributed by atoms with Crippen LogP contribution >= 0.6 is 39.1 Å².